The van der Waals surface area contributed by atoms with Crippen LogP contribution in [0.4, 0.5) is 4.39 Å². The van der Waals surface area contributed by atoms with Crippen molar-refractivity contribution in [2.45, 2.75) is 33.6 Å². The third-order valence-corrected chi connectivity index (χ3v) is 4.42. The maximum atomic E-state index is 14.5. The molecule has 1 aliphatic carbocycles. The fourth-order valence-corrected chi connectivity index (χ4v) is 2.60. The number of halogens is 1. The number of oxazole rings is 1. The molecule has 0 amide bonds. The number of Topliss-reactive ketones (excluding diaryl/α,β-unsaturated/α-hetero) is 1. The minimum atomic E-state index is -0.544. The molecule has 2 aromatic heterocycles. The second-order valence-electron chi connectivity index (χ2n) is 6.81. The lowest BCUT2D eigenvalue weighted by Crippen LogP contribution is -1.97. The summed E-state index contributed by atoms with van der Waals surface area (Å²) in [5.74, 6) is 0.407. The van der Waals surface area contributed by atoms with E-state index in [1.165, 1.54) is 44.3 Å². The first-order valence-electron chi connectivity index (χ1n) is 8.76. The molecular weight excluding hydrogens is 347 g/mol. The molecule has 27 heavy (non-hydrogen) atoms. The maximum Gasteiger partial charge on any atom is 0.182 e. The number of ketones is 1. The van der Waals surface area contributed by atoms with Crippen LogP contribution in [0.2, 0.25) is 0 Å². The number of aromatic nitrogens is 2. The molecule has 3 aromatic rings. The lowest BCUT2D eigenvalue weighted by molar-refractivity contribution is 0.101. The molecule has 1 aliphatic rings. The van der Waals surface area contributed by atoms with Gasteiger partial charge in [0, 0.05) is 29.8 Å². The predicted molar refractivity (Wildman–Crippen MR) is 99.9 cm³/mol. The molecule has 0 spiro atoms. The second-order valence-corrected chi connectivity index (χ2v) is 6.81. The lowest BCUT2D eigenvalue weighted by Gasteiger charge is -2.10. The van der Waals surface area contributed by atoms with Gasteiger partial charge in [0.2, 0.25) is 0 Å². The maximum absolute atomic E-state index is 14.5. The fourth-order valence-electron chi connectivity index (χ4n) is 2.60. The van der Waals surface area contributed by atoms with Crippen LogP contribution in [0.5, 0.6) is 5.75 Å². The van der Waals surface area contributed by atoms with Gasteiger partial charge in [0.1, 0.15) is 11.6 Å². The van der Waals surface area contributed by atoms with Crippen molar-refractivity contribution in [3.8, 4) is 28.2 Å². The van der Waals surface area contributed by atoms with Gasteiger partial charge in [-0.2, -0.15) is 0 Å². The molecule has 0 unspecified atom stereocenters. The number of hydrogen-bond acceptors (Lipinski definition) is 5. The summed E-state index contributed by atoms with van der Waals surface area (Å²) in [6.45, 7) is 5.42. The van der Waals surface area contributed by atoms with E-state index in [2.05, 4.69) is 16.9 Å². The third kappa shape index (κ3) is 4.22. The zero-order chi connectivity index (χ0) is 19.6. The molecule has 0 aliphatic heterocycles. The molecule has 1 saturated carbocycles. The van der Waals surface area contributed by atoms with Crippen LogP contribution in [0.25, 0.3) is 22.5 Å². The van der Waals surface area contributed by atoms with Gasteiger partial charge < -0.3 is 9.52 Å². The van der Waals surface area contributed by atoms with E-state index >= 15 is 0 Å². The Kier molecular flexibility index (Phi) is 5.35. The third-order valence-electron chi connectivity index (χ3n) is 4.42. The van der Waals surface area contributed by atoms with Crippen molar-refractivity contribution in [3.63, 3.8) is 0 Å². The van der Waals surface area contributed by atoms with Crippen molar-refractivity contribution >= 4 is 5.78 Å². The van der Waals surface area contributed by atoms with E-state index in [1.807, 2.05) is 0 Å². The summed E-state index contributed by atoms with van der Waals surface area (Å²) in [6, 6.07) is 4.39. The second kappa shape index (κ2) is 7.70. The minimum Gasteiger partial charge on any atom is -0.506 e. The van der Waals surface area contributed by atoms with Crippen molar-refractivity contribution in [2.75, 3.05) is 0 Å². The molecule has 2 heterocycles. The Hall–Kier alpha value is -3.02. The quantitative estimate of drug-likeness (QED) is 0.645. The molecule has 0 bridgehead atoms. The van der Waals surface area contributed by atoms with Gasteiger partial charge in [-0.25, -0.2) is 9.37 Å². The van der Waals surface area contributed by atoms with E-state index < -0.39 is 5.82 Å². The van der Waals surface area contributed by atoms with Gasteiger partial charge in [-0.05, 0) is 36.6 Å². The predicted octanol–water partition coefficient (Wildman–Crippen LogP) is 5.18. The van der Waals surface area contributed by atoms with Crippen LogP contribution in [0.1, 0.15) is 42.7 Å². The average molecular weight is 368 g/mol. The number of pyridine rings is 1. The van der Waals surface area contributed by atoms with Crippen LogP contribution in [0.3, 0.4) is 0 Å². The highest BCUT2D eigenvalue weighted by Gasteiger charge is 2.20. The highest BCUT2D eigenvalue weighted by molar-refractivity contribution is 5.98. The largest absolute Gasteiger partial charge is 0.506 e. The number of benzene rings is 1. The summed E-state index contributed by atoms with van der Waals surface area (Å²) in [5.41, 5.74) is 1.89. The van der Waals surface area contributed by atoms with E-state index in [0.29, 0.717) is 16.7 Å². The van der Waals surface area contributed by atoms with Crippen LogP contribution in [0, 0.1) is 18.7 Å². The van der Waals surface area contributed by atoms with Crippen molar-refractivity contribution < 1.29 is 18.7 Å². The average Bonchev–Trinajstić information content (AvgIpc) is 3.25. The first-order valence-corrected chi connectivity index (χ1v) is 8.76. The van der Waals surface area contributed by atoms with Gasteiger partial charge in [-0.1, -0.05) is 19.8 Å². The Labute approximate surface area is 156 Å². The molecule has 1 aromatic carbocycles. The Morgan fingerprint density at radius 2 is 1.96 bits per heavy atom. The topological polar surface area (TPSA) is 76.2 Å². The van der Waals surface area contributed by atoms with Crippen LogP contribution >= 0.6 is 0 Å². The Morgan fingerprint density at radius 3 is 2.56 bits per heavy atom. The van der Waals surface area contributed by atoms with Gasteiger partial charge in [-0.3, -0.25) is 9.78 Å². The zero-order valence-corrected chi connectivity index (χ0v) is 15.5. The smallest absolute Gasteiger partial charge is 0.182 e. The van der Waals surface area contributed by atoms with Gasteiger partial charge in [0.05, 0.1) is 6.20 Å². The van der Waals surface area contributed by atoms with E-state index in [-0.39, 0.29) is 28.6 Å². The normalized spacial score (nSPS) is 13.0. The molecule has 6 heteroatoms. The minimum absolute atomic E-state index is 0.109. The summed E-state index contributed by atoms with van der Waals surface area (Å²) < 4.78 is 19.8. The molecule has 1 fully saturated rings. The molecule has 0 radical (unpaired) electrons. The number of aromatic hydroxyl groups is 1. The number of carbonyl (C=O) groups excluding carboxylic acids is 1. The Bertz CT molecular complexity index is 977. The fraction of sp³-hybridized carbons (Fsp3) is 0.286. The van der Waals surface area contributed by atoms with E-state index in [1.54, 1.807) is 13.0 Å². The molecule has 0 atom stereocenters. The van der Waals surface area contributed by atoms with Gasteiger partial charge >= 0.3 is 0 Å². The summed E-state index contributed by atoms with van der Waals surface area (Å²) in [7, 11) is 0. The standard InChI is InChI=1S/C17H13FN2O3.C4H8/c1-9-5-13(11-3-4-19-7-15(11)22)14(18)6-12(9)17-16(10(2)21)20-8-23-17;1-4-2-3-4/h3-8,22H,1-2H3;4H,2-3H2,1H3. The van der Waals surface area contributed by atoms with Crippen LogP contribution in [-0.4, -0.2) is 20.9 Å². The number of aryl methyl sites for hydroxylation is 1. The SMILES string of the molecule is CC(=O)c1ncoc1-c1cc(F)c(-c2ccncc2O)cc1C.CC1CC1. The molecule has 5 nitrogen and oxygen atoms in total. The first kappa shape index (κ1) is 18.8. The summed E-state index contributed by atoms with van der Waals surface area (Å²) in [4.78, 5) is 19.2. The van der Waals surface area contributed by atoms with Crippen molar-refractivity contribution in [1.82, 2.24) is 9.97 Å². The summed E-state index contributed by atoms with van der Waals surface area (Å²) in [5, 5.41) is 9.85. The van der Waals surface area contributed by atoms with Gasteiger partial charge in [0.15, 0.2) is 23.6 Å². The van der Waals surface area contributed by atoms with E-state index in [0.717, 1.165) is 12.3 Å². The number of carbonyl (C=O) groups is 1. The number of rotatable bonds is 3. The molecule has 0 saturated heterocycles. The highest BCUT2D eigenvalue weighted by atomic mass is 19.1. The number of nitrogens with zero attached hydrogens (tertiary/aromatic N) is 2. The Balaban J connectivity index is 0.000000466. The lowest BCUT2D eigenvalue weighted by atomic mass is 9.97. The van der Waals surface area contributed by atoms with Crippen LogP contribution in [0.15, 0.2) is 41.4 Å². The number of hydrogen-bond donors (Lipinski definition) is 1. The zero-order valence-electron chi connectivity index (χ0n) is 15.5. The highest BCUT2D eigenvalue weighted by Crippen LogP contribution is 2.35. The van der Waals surface area contributed by atoms with Crippen LogP contribution < -0.4 is 0 Å². The first-order chi connectivity index (χ1) is 12.9. The van der Waals surface area contributed by atoms with Crippen molar-refractivity contribution in [2.24, 2.45) is 5.92 Å². The van der Waals surface area contributed by atoms with Gasteiger partial charge in [0.25, 0.3) is 0 Å². The summed E-state index contributed by atoms with van der Waals surface area (Å²) in [6.07, 6.45) is 6.86. The molecule has 4 rings (SSSR count). The molecule has 140 valence electrons. The van der Waals surface area contributed by atoms with Gasteiger partial charge in [-0.15, -0.1) is 0 Å². The van der Waals surface area contributed by atoms with E-state index in [9.17, 15) is 14.3 Å². The Morgan fingerprint density at radius 1 is 1.26 bits per heavy atom. The van der Waals surface area contributed by atoms with E-state index in [4.69, 9.17) is 4.42 Å². The molecule has 1 N–H and O–H groups in total. The monoisotopic (exact) mass is 368 g/mol. The summed E-state index contributed by atoms with van der Waals surface area (Å²) >= 11 is 0. The van der Waals surface area contributed by atoms with Crippen molar-refractivity contribution in [3.05, 3.63) is 54.1 Å². The molecular formula is C21H21FN2O3. The van der Waals surface area contributed by atoms with Crippen molar-refractivity contribution in [1.29, 1.82) is 0 Å². The van der Waals surface area contributed by atoms with Crippen LogP contribution in [-0.2, 0) is 0 Å².